The zero-order chi connectivity index (χ0) is 9.68. The second-order valence-corrected chi connectivity index (χ2v) is 4.25. The van der Waals surface area contributed by atoms with E-state index in [1.165, 1.54) is 0 Å². The van der Waals surface area contributed by atoms with Gasteiger partial charge in [-0.2, -0.15) is 0 Å². The molecule has 0 unspecified atom stereocenters. The molecular formula is C9H13ClN2S. The third-order valence-corrected chi connectivity index (χ3v) is 2.97. The summed E-state index contributed by atoms with van der Waals surface area (Å²) in [5, 5.41) is 1.03. The smallest absolute Gasteiger partial charge is 0.118 e. The molecule has 13 heavy (non-hydrogen) atoms. The van der Waals surface area contributed by atoms with E-state index in [0.717, 1.165) is 28.6 Å². The number of aromatic nitrogens is 2. The summed E-state index contributed by atoms with van der Waals surface area (Å²) in [5.74, 6) is 1.73. The fraction of sp³-hybridized carbons (Fsp3) is 0.556. The predicted molar refractivity (Wildman–Crippen MR) is 57.6 cm³/mol. The summed E-state index contributed by atoms with van der Waals surface area (Å²) >= 11 is 7.32. The van der Waals surface area contributed by atoms with E-state index < -0.39 is 0 Å². The number of aryl methyl sites for hydroxylation is 2. The molecule has 1 rings (SSSR count). The normalized spacial score (nSPS) is 10.4. The molecule has 1 heterocycles. The van der Waals surface area contributed by atoms with Gasteiger partial charge in [0.1, 0.15) is 5.03 Å². The van der Waals surface area contributed by atoms with E-state index >= 15 is 0 Å². The minimum absolute atomic E-state index is 0.714. The van der Waals surface area contributed by atoms with E-state index in [2.05, 4.69) is 9.97 Å². The summed E-state index contributed by atoms with van der Waals surface area (Å²) in [4.78, 5) is 8.64. The van der Waals surface area contributed by atoms with Gasteiger partial charge in [0.05, 0.1) is 11.4 Å². The van der Waals surface area contributed by atoms with Crippen LogP contribution in [-0.2, 0) is 0 Å². The average Bonchev–Trinajstić information content (AvgIpc) is 2.11. The molecule has 0 radical (unpaired) electrons. The predicted octanol–water partition coefficient (Wildman–Crippen LogP) is 2.81. The molecule has 0 saturated heterocycles. The lowest BCUT2D eigenvalue weighted by Crippen LogP contribution is -1.93. The summed E-state index contributed by atoms with van der Waals surface area (Å²) in [5.41, 5.74) is 1.98. The first-order valence-electron chi connectivity index (χ1n) is 4.23. The van der Waals surface area contributed by atoms with Crippen LogP contribution in [0.1, 0.15) is 17.8 Å². The number of thioether (sulfide) groups is 1. The summed E-state index contributed by atoms with van der Waals surface area (Å²) in [6, 6.07) is 0. The Labute approximate surface area is 88.1 Å². The van der Waals surface area contributed by atoms with E-state index in [0.29, 0.717) is 5.88 Å². The van der Waals surface area contributed by atoms with Crippen LogP contribution >= 0.6 is 23.4 Å². The summed E-state index contributed by atoms with van der Waals surface area (Å²) in [7, 11) is 0. The van der Waals surface area contributed by atoms with Gasteiger partial charge in [0, 0.05) is 17.8 Å². The molecule has 0 bridgehead atoms. The SMILES string of the molecule is Cc1cnc(C)c(SCCCCl)n1. The van der Waals surface area contributed by atoms with Crippen molar-refractivity contribution in [2.24, 2.45) is 0 Å². The molecule has 0 saturated carbocycles. The first kappa shape index (κ1) is 10.8. The van der Waals surface area contributed by atoms with Gasteiger partial charge >= 0.3 is 0 Å². The van der Waals surface area contributed by atoms with E-state index in [1.54, 1.807) is 18.0 Å². The third-order valence-electron chi connectivity index (χ3n) is 1.55. The number of alkyl halides is 1. The molecule has 0 spiro atoms. The number of rotatable bonds is 4. The van der Waals surface area contributed by atoms with Crippen LogP contribution in [0.4, 0.5) is 0 Å². The van der Waals surface area contributed by atoms with Crippen molar-refractivity contribution in [2.75, 3.05) is 11.6 Å². The third kappa shape index (κ3) is 3.53. The van der Waals surface area contributed by atoms with Crippen LogP contribution in [0.15, 0.2) is 11.2 Å². The molecule has 0 amide bonds. The Bertz CT molecular complexity index is 278. The van der Waals surface area contributed by atoms with Crippen LogP contribution in [0.5, 0.6) is 0 Å². The Balaban J connectivity index is 2.59. The monoisotopic (exact) mass is 216 g/mol. The molecule has 2 nitrogen and oxygen atoms in total. The van der Waals surface area contributed by atoms with Crippen LogP contribution in [0.2, 0.25) is 0 Å². The van der Waals surface area contributed by atoms with Gasteiger partial charge in [-0.05, 0) is 20.3 Å². The van der Waals surface area contributed by atoms with Crippen LogP contribution in [-0.4, -0.2) is 21.6 Å². The maximum atomic E-state index is 5.59. The summed E-state index contributed by atoms with van der Waals surface area (Å²) in [6.45, 7) is 3.94. The second-order valence-electron chi connectivity index (χ2n) is 2.79. The van der Waals surface area contributed by atoms with E-state index in [1.807, 2.05) is 13.8 Å². The van der Waals surface area contributed by atoms with Crippen molar-refractivity contribution in [3.05, 3.63) is 17.6 Å². The molecular weight excluding hydrogens is 204 g/mol. The largest absolute Gasteiger partial charge is 0.257 e. The average molecular weight is 217 g/mol. The molecule has 0 aliphatic carbocycles. The Hall–Kier alpha value is -0.280. The van der Waals surface area contributed by atoms with Crippen LogP contribution < -0.4 is 0 Å². The summed E-state index contributed by atoms with van der Waals surface area (Å²) in [6.07, 6.45) is 2.81. The van der Waals surface area contributed by atoms with Crippen molar-refractivity contribution in [1.29, 1.82) is 0 Å². The standard InChI is InChI=1S/C9H13ClN2S/c1-7-6-11-8(2)9(12-7)13-5-3-4-10/h6H,3-5H2,1-2H3. The second kappa shape index (κ2) is 5.45. The van der Waals surface area contributed by atoms with Crippen LogP contribution in [0.25, 0.3) is 0 Å². The highest BCUT2D eigenvalue weighted by molar-refractivity contribution is 7.99. The zero-order valence-corrected chi connectivity index (χ0v) is 9.45. The van der Waals surface area contributed by atoms with Crippen molar-refractivity contribution < 1.29 is 0 Å². The van der Waals surface area contributed by atoms with Gasteiger partial charge in [0.2, 0.25) is 0 Å². The van der Waals surface area contributed by atoms with Crippen molar-refractivity contribution in [3.8, 4) is 0 Å². The molecule has 0 N–H and O–H groups in total. The quantitative estimate of drug-likeness (QED) is 0.440. The number of halogens is 1. The Morgan fingerprint density at radius 3 is 2.92 bits per heavy atom. The fourth-order valence-corrected chi connectivity index (χ4v) is 2.12. The molecule has 0 fully saturated rings. The molecule has 0 aromatic carbocycles. The van der Waals surface area contributed by atoms with Crippen molar-refractivity contribution in [1.82, 2.24) is 9.97 Å². The van der Waals surface area contributed by atoms with Gasteiger partial charge in [-0.25, -0.2) is 4.98 Å². The minimum Gasteiger partial charge on any atom is -0.257 e. The van der Waals surface area contributed by atoms with Gasteiger partial charge in [-0.15, -0.1) is 23.4 Å². The van der Waals surface area contributed by atoms with Crippen molar-refractivity contribution >= 4 is 23.4 Å². The fourth-order valence-electron chi connectivity index (χ4n) is 0.876. The molecule has 1 aromatic heterocycles. The van der Waals surface area contributed by atoms with Gasteiger partial charge in [0.15, 0.2) is 0 Å². The highest BCUT2D eigenvalue weighted by Gasteiger charge is 2.01. The van der Waals surface area contributed by atoms with Crippen LogP contribution in [0.3, 0.4) is 0 Å². The summed E-state index contributed by atoms with van der Waals surface area (Å²) < 4.78 is 0. The minimum atomic E-state index is 0.714. The Morgan fingerprint density at radius 2 is 2.23 bits per heavy atom. The molecule has 1 aromatic rings. The molecule has 0 aliphatic rings. The Kier molecular flexibility index (Phi) is 4.53. The highest BCUT2D eigenvalue weighted by atomic mass is 35.5. The maximum Gasteiger partial charge on any atom is 0.118 e. The van der Waals surface area contributed by atoms with Crippen LogP contribution in [0, 0.1) is 13.8 Å². The maximum absolute atomic E-state index is 5.59. The molecule has 72 valence electrons. The lowest BCUT2D eigenvalue weighted by molar-refractivity contribution is 0.943. The van der Waals surface area contributed by atoms with Crippen molar-refractivity contribution in [3.63, 3.8) is 0 Å². The van der Waals surface area contributed by atoms with Gasteiger partial charge < -0.3 is 0 Å². The Morgan fingerprint density at radius 1 is 1.46 bits per heavy atom. The highest BCUT2D eigenvalue weighted by Crippen LogP contribution is 2.19. The van der Waals surface area contributed by atoms with Gasteiger partial charge in [0.25, 0.3) is 0 Å². The number of hydrogen-bond donors (Lipinski definition) is 0. The molecule has 0 aliphatic heterocycles. The number of nitrogens with zero attached hydrogens (tertiary/aromatic N) is 2. The lowest BCUT2D eigenvalue weighted by atomic mass is 10.4. The van der Waals surface area contributed by atoms with E-state index in [4.69, 9.17) is 11.6 Å². The lowest BCUT2D eigenvalue weighted by Gasteiger charge is -2.03. The first-order valence-corrected chi connectivity index (χ1v) is 5.75. The number of hydrogen-bond acceptors (Lipinski definition) is 3. The van der Waals surface area contributed by atoms with E-state index in [9.17, 15) is 0 Å². The molecule has 0 atom stereocenters. The topological polar surface area (TPSA) is 25.8 Å². The van der Waals surface area contributed by atoms with E-state index in [-0.39, 0.29) is 0 Å². The first-order chi connectivity index (χ1) is 6.24. The van der Waals surface area contributed by atoms with Crippen molar-refractivity contribution in [2.45, 2.75) is 25.3 Å². The zero-order valence-electron chi connectivity index (χ0n) is 7.88. The van der Waals surface area contributed by atoms with Gasteiger partial charge in [-0.3, -0.25) is 4.98 Å². The molecule has 4 heteroatoms. The van der Waals surface area contributed by atoms with Gasteiger partial charge in [-0.1, -0.05) is 0 Å².